The Morgan fingerprint density at radius 3 is 2.40 bits per heavy atom. The number of azide groups is 1. The lowest BCUT2D eigenvalue weighted by atomic mass is 10.2. The minimum Gasteiger partial charge on any atom is -0.0899 e. The number of hydrogen-bond acceptors (Lipinski definition) is 1. The average Bonchev–Trinajstić information content (AvgIpc) is 2.21. The summed E-state index contributed by atoms with van der Waals surface area (Å²) in [6.07, 6.45) is 3.46. The number of hydrogen-bond donors (Lipinski definition) is 0. The highest BCUT2D eigenvalue weighted by molar-refractivity contribution is 6.48. The van der Waals surface area contributed by atoms with Crippen LogP contribution in [0.4, 0.5) is 0 Å². The molecule has 1 rings (SSSR count). The molecule has 6 heteroatoms. The van der Waals surface area contributed by atoms with Gasteiger partial charge in [-0.05, 0) is 23.2 Å². The van der Waals surface area contributed by atoms with Crippen molar-refractivity contribution in [3.05, 3.63) is 49.3 Å². The van der Waals surface area contributed by atoms with Crippen molar-refractivity contribution in [2.24, 2.45) is 5.11 Å². The lowest BCUT2D eigenvalue weighted by Crippen LogP contribution is -1.77. The van der Waals surface area contributed by atoms with Crippen molar-refractivity contribution in [3.8, 4) is 0 Å². The Hall–Kier alpha value is -0.860. The molecule has 0 radical (unpaired) electrons. The monoisotopic (exact) mass is 261 g/mol. The third kappa shape index (κ3) is 3.65. The molecule has 0 aromatic heterocycles. The molecule has 0 saturated carbocycles. The van der Waals surface area contributed by atoms with Crippen molar-refractivity contribution in [3.63, 3.8) is 0 Å². The summed E-state index contributed by atoms with van der Waals surface area (Å²) in [5.74, 6) is 0. The maximum absolute atomic E-state index is 8.05. The van der Waals surface area contributed by atoms with Crippen LogP contribution in [0.5, 0.6) is 0 Å². The van der Waals surface area contributed by atoms with Gasteiger partial charge in [-0.1, -0.05) is 52.1 Å². The van der Waals surface area contributed by atoms with Crippen molar-refractivity contribution in [2.75, 3.05) is 6.54 Å². The van der Waals surface area contributed by atoms with Crippen LogP contribution in [0, 0.1) is 0 Å². The fourth-order valence-corrected chi connectivity index (χ4v) is 1.56. The normalized spacial score (nSPS) is 10.3. The molecule has 3 nitrogen and oxygen atoms in total. The lowest BCUT2D eigenvalue weighted by Gasteiger charge is -2.00. The third-order valence-electron chi connectivity index (χ3n) is 1.57. The molecule has 15 heavy (non-hydrogen) atoms. The molecule has 0 amide bonds. The van der Waals surface area contributed by atoms with Gasteiger partial charge in [0.15, 0.2) is 0 Å². The van der Waals surface area contributed by atoms with E-state index in [2.05, 4.69) is 10.0 Å². The summed E-state index contributed by atoms with van der Waals surface area (Å²) >= 11 is 17.4. The number of benzene rings is 1. The smallest absolute Gasteiger partial charge is 0.0778 e. The highest BCUT2D eigenvalue weighted by Crippen LogP contribution is 2.31. The van der Waals surface area contributed by atoms with Crippen LogP contribution in [0.25, 0.3) is 16.5 Å². The van der Waals surface area contributed by atoms with Crippen LogP contribution in [-0.4, -0.2) is 6.54 Å². The van der Waals surface area contributed by atoms with E-state index >= 15 is 0 Å². The molecule has 0 spiro atoms. The second-order valence-electron chi connectivity index (χ2n) is 2.61. The molecule has 0 aliphatic carbocycles. The Bertz CT molecular complexity index is 413. The van der Waals surface area contributed by atoms with Gasteiger partial charge in [0.05, 0.1) is 15.1 Å². The van der Waals surface area contributed by atoms with E-state index in [4.69, 9.17) is 40.3 Å². The minimum atomic E-state index is 0.286. The Labute approximate surface area is 102 Å². The zero-order valence-corrected chi connectivity index (χ0v) is 9.76. The molecule has 1 aromatic rings. The largest absolute Gasteiger partial charge is 0.0899 e. The summed E-state index contributed by atoms with van der Waals surface area (Å²) in [6.45, 7) is 0.286. The van der Waals surface area contributed by atoms with Crippen molar-refractivity contribution in [1.29, 1.82) is 0 Å². The molecule has 0 heterocycles. The molecular formula is C9H6Cl3N3. The Morgan fingerprint density at radius 2 is 1.87 bits per heavy atom. The first-order chi connectivity index (χ1) is 7.15. The first-order valence-corrected chi connectivity index (χ1v) is 5.10. The zero-order valence-electron chi connectivity index (χ0n) is 7.49. The maximum Gasteiger partial charge on any atom is 0.0778 e. The summed E-state index contributed by atoms with van der Waals surface area (Å²) in [4.78, 5) is 2.62. The summed E-state index contributed by atoms with van der Waals surface area (Å²) < 4.78 is 0. The Balaban J connectivity index is 2.87. The highest BCUT2D eigenvalue weighted by atomic mass is 35.5. The lowest BCUT2D eigenvalue weighted by molar-refractivity contribution is 1.22. The first-order valence-electron chi connectivity index (χ1n) is 3.97. The van der Waals surface area contributed by atoms with E-state index in [0.717, 1.165) is 5.56 Å². The molecule has 78 valence electrons. The Kier molecular flexibility index (Phi) is 4.79. The zero-order chi connectivity index (χ0) is 11.3. The molecule has 1 aromatic carbocycles. The van der Waals surface area contributed by atoms with Gasteiger partial charge in [-0.15, -0.1) is 0 Å². The second kappa shape index (κ2) is 5.89. The van der Waals surface area contributed by atoms with Crippen molar-refractivity contribution < 1.29 is 0 Å². The van der Waals surface area contributed by atoms with E-state index in [1.807, 2.05) is 0 Å². The molecule has 0 saturated heterocycles. The first kappa shape index (κ1) is 12.2. The van der Waals surface area contributed by atoms with Gasteiger partial charge in [-0.3, -0.25) is 0 Å². The molecule has 0 unspecified atom stereocenters. The van der Waals surface area contributed by atoms with E-state index < -0.39 is 0 Å². The maximum atomic E-state index is 8.05. The SMILES string of the molecule is [N-]=[N+]=NCC=Cc1cc(Cl)c(Cl)c(Cl)c1. The minimum absolute atomic E-state index is 0.286. The van der Waals surface area contributed by atoms with Crippen LogP contribution in [-0.2, 0) is 0 Å². The predicted molar refractivity (Wildman–Crippen MR) is 64.5 cm³/mol. The Morgan fingerprint density at radius 1 is 1.27 bits per heavy atom. The molecule has 0 fully saturated rings. The van der Waals surface area contributed by atoms with E-state index in [9.17, 15) is 0 Å². The van der Waals surface area contributed by atoms with E-state index in [0.29, 0.717) is 15.1 Å². The second-order valence-corrected chi connectivity index (χ2v) is 3.81. The van der Waals surface area contributed by atoms with Crippen LogP contribution in [0.2, 0.25) is 15.1 Å². The summed E-state index contributed by atoms with van der Waals surface area (Å²) in [5.41, 5.74) is 8.86. The predicted octanol–water partition coefficient (Wildman–Crippen LogP) is 4.97. The van der Waals surface area contributed by atoms with Crippen LogP contribution < -0.4 is 0 Å². The molecule has 0 aliphatic rings. The van der Waals surface area contributed by atoms with Crippen LogP contribution in [0.15, 0.2) is 23.3 Å². The number of halogens is 3. The van der Waals surface area contributed by atoms with E-state index in [-0.39, 0.29) is 6.54 Å². The van der Waals surface area contributed by atoms with E-state index in [1.54, 1.807) is 24.3 Å². The van der Waals surface area contributed by atoms with Gasteiger partial charge in [0.2, 0.25) is 0 Å². The van der Waals surface area contributed by atoms with Crippen LogP contribution >= 0.6 is 34.8 Å². The fourth-order valence-electron chi connectivity index (χ4n) is 0.944. The van der Waals surface area contributed by atoms with Gasteiger partial charge < -0.3 is 0 Å². The van der Waals surface area contributed by atoms with Gasteiger partial charge in [0.25, 0.3) is 0 Å². The summed E-state index contributed by atoms with van der Waals surface area (Å²) in [7, 11) is 0. The van der Waals surface area contributed by atoms with Gasteiger partial charge in [0.1, 0.15) is 0 Å². The topological polar surface area (TPSA) is 48.8 Å². The standard InChI is InChI=1S/C9H6Cl3N3/c10-7-4-6(2-1-3-14-15-13)5-8(11)9(7)12/h1-2,4-5H,3H2. The van der Waals surface area contributed by atoms with Crippen LogP contribution in [0.3, 0.4) is 0 Å². The van der Waals surface area contributed by atoms with Crippen LogP contribution in [0.1, 0.15) is 5.56 Å². The van der Waals surface area contributed by atoms with Gasteiger partial charge >= 0.3 is 0 Å². The molecule has 0 aliphatic heterocycles. The van der Waals surface area contributed by atoms with Gasteiger partial charge in [-0.2, -0.15) is 0 Å². The van der Waals surface area contributed by atoms with Gasteiger partial charge in [-0.25, -0.2) is 0 Å². The van der Waals surface area contributed by atoms with Crippen molar-refractivity contribution in [1.82, 2.24) is 0 Å². The van der Waals surface area contributed by atoms with Gasteiger partial charge in [0, 0.05) is 11.5 Å². The third-order valence-corrected chi connectivity index (χ3v) is 2.76. The molecular weight excluding hydrogens is 256 g/mol. The number of nitrogens with zero attached hydrogens (tertiary/aromatic N) is 3. The quantitative estimate of drug-likeness (QED) is 0.319. The van der Waals surface area contributed by atoms with E-state index in [1.165, 1.54) is 0 Å². The number of rotatable bonds is 3. The van der Waals surface area contributed by atoms with Crippen molar-refractivity contribution in [2.45, 2.75) is 0 Å². The molecule has 0 N–H and O–H groups in total. The average molecular weight is 263 g/mol. The fraction of sp³-hybridized carbons (Fsp3) is 0.111. The molecule has 0 atom stereocenters. The van der Waals surface area contributed by atoms with Crippen molar-refractivity contribution >= 4 is 40.9 Å². The molecule has 0 bridgehead atoms. The highest BCUT2D eigenvalue weighted by Gasteiger charge is 2.03. The summed E-state index contributed by atoms with van der Waals surface area (Å²) in [5, 5.41) is 4.48. The summed E-state index contributed by atoms with van der Waals surface area (Å²) in [6, 6.07) is 3.37.